The number of aromatic carboxylic acids is 1. The largest absolute Gasteiger partial charge is 0.477 e. The van der Waals surface area contributed by atoms with Crippen molar-refractivity contribution < 1.29 is 23.8 Å². The number of pyridine rings is 1. The minimum absolute atomic E-state index is 0.0983. The quantitative estimate of drug-likeness (QED) is 0.672. The van der Waals surface area contributed by atoms with Gasteiger partial charge in [0, 0.05) is 50.3 Å². The SMILES string of the molecule is CCOC(=O)CCN1CCN(c2cc3c(cc2F)c(=O)c(C(=O)O)cn3C2CC2)CC1. The number of halogens is 1. The summed E-state index contributed by atoms with van der Waals surface area (Å²) < 4.78 is 21.8. The van der Waals surface area contributed by atoms with Crippen LogP contribution in [-0.4, -0.2) is 65.8 Å². The third-order valence-electron chi connectivity index (χ3n) is 5.92. The zero-order valence-electron chi connectivity index (χ0n) is 17.5. The van der Waals surface area contributed by atoms with E-state index in [-0.39, 0.29) is 23.0 Å². The van der Waals surface area contributed by atoms with Gasteiger partial charge in [0.2, 0.25) is 5.43 Å². The molecule has 0 radical (unpaired) electrons. The molecule has 8 nitrogen and oxygen atoms in total. The Bertz CT molecular complexity index is 1070. The Labute approximate surface area is 178 Å². The van der Waals surface area contributed by atoms with Crippen LogP contribution < -0.4 is 10.3 Å². The van der Waals surface area contributed by atoms with E-state index in [4.69, 9.17) is 4.74 Å². The molecule has 1 N–H and O–H groups in total. The number of piperazine rings is 1. The standard InChI is InChI=1S/C22H26FN3O5/c1-2-31-20(27)5-6-24-7-9-25(10-8-24)19-12-18-15(11-17(19)23)21(28)16(22(29)30)13-26(18)14-3-4-14/h11-14H,2-10H2,1H3,(H,29,30). The van der Waals surface area contributed by atoms with Crippen molar-refractivity contribution in [3.05, 3.63) is 39.9 Å². The summed E-state index contributed by atoms with van der Waals surface area (Å²) in [7, 11) is 0. The topological polar surface area (TPSA) is 92.1 Å². The number of benzene rings is 1. The van der Waals surface area contributed by atoms with Crippen LogP contribution in [0.15, 0.2) is 23.1 Å². The summed E-state index contributed by atoms with van der Waals surface area (Å²) in [6, 6.07) is 2.98. The van der Waals surface area contributed by atoms with Crippen LogP contribution in [-0.2, 0) is 9.53 Å². The number of carboxylic acids is 1. The first-order chi connectivity index (χ1) is 14.9. The number of nitrogens with zero attached hydrogens (tertiary/aromatic N) is 3. The third-order valence-corrected chi connectivity index (χ3v) is 5.92. The number of ether oxygens (including phenoxy) is 1. The molecular weight excluding hydrogens is 405 g/mol. The summed E-state index contributed by atoms with van der Waals surface area (Å²) >= 11 is 0. The van der Waals surface area contributed by atoms with E-state index in [0.29, 0.717) is 57.0 Å². The van der Waals surface area contributed by atoms with Crippen molar-refractivity contribution in [2.24, 2.45) is 0 Å². The van der Waals surface area contributed by atoms with Crippen molar-refractivity contribution in [3.63, 3.8) is 0 Å². The van der Waals surface area contributed by atoms with E-state index in [0.717, 1.165) is 12.8 Å². The van der Waals surface area contributed by atoms with Crippen LogP contribution in [0.5, 0.6) is 0 Å². The molecule has 0 atom stereocenters. The highest BCUT2D eigenvalue weighted by Crippen LogP contribution is 2.38. The summed E-state index contributed by atoms with van der Waals surface area (Å²) in [5.41, 5.74) is -0.0107. The normalized spacial score (nSPS) is 17.2. The van der Waals surface area contributed by atoms with Gasteiger partial charge < -0.3 is 19.3 Å². The second-order valence-electron chi connectivity index (χ2n) is 8.02. The second-order valence-corrected chi connectivity index (χ2v) is 8.02. The predicted octanol–water partition coefficient (Wildman–Crippen LogP) is 2.25. The van der Waals surface area contributed by atoms with E-state index in [2.05, 4.69) is 4.90 Å². The lowest BCUT2D eigenvalue weighted by atomic mass is 10.1. The zero-order chi connectivity index (χ0) is 22.1. The highest BCUT2D eigenvalue weighted by Gasteiger charge is 2.28. The summed E-state index contributed by atoms with van der Waals surface area (Å²) in [6.07, 6.45) is 3.53. The molecule has 2 fully saturated rings. The van der Waals surface area contributed by atoms with Gasteiger partial charge in [-0.05, 0) is 31.9 Å². The van der Waals surface area contributed by atoms with Gasteiger partial charge in [-0.2, -0.15) is 0 Å². The van der Waals surface area contributed by atoms with E-state index >= 15 is 0 Å². The molecule has 1 aromatic carbocycles. The first kappa shape index (κ1) is 21.3. The Balaban J connectivity index is 1.57. The molecule has 1 aliphatic heterocycles. The highest BCUT2D eigenvalue weighted by atomic mass is 19.1. The van der Waals surface area contributed by atoms with Gasteiger partial charge in [-0.3, -0.25) is 14.5 Å². The molecule has 1 aliphatic carbocycles. The summed E-state index contributed by atoms with van der Waals surface area (Å²) in [5, 5.41) is 9.46. The van der Waals surface area contributed by atoms with Crippen LogP contribution in [0.3, 0.4) is 0 Å². The number of hydrogen-bond donors (Lipinski definition) is 1. The molecule has 1 aromatic heterocycles. The number of hydrogen-bond acceptors (Lipinski definition) is 6. The molecule has 2 aliphatic rings. The number of esters is 1. The Morgan fingerprint density at radius 2 is 1.90 bits per heavy atom. The maximum absolute atomic E-state index is 15.0. The average molecular weight is 431 g/mol. The number of fused-ring (bicyclic) bond motifs is 1. The van der Waals surface area contributed by atoms with Gasteiger partial charge >= 0.3 is 11.9 Å². The zero-order valence-corrected chi connectivity index (χ0v) is 17.5. The monoisotopic (exact) mass is 431 g/mol. The molecule has 2 aromatic rings. The van der Waals surface area contributed by atoms with Crippen LogP contribution in [0.25, 0.3) is 10.9 Å². The van der Waals surface area contributed by atoms with Crippen LogP contribution in [0.4, 0.5) is 10.1 Å². The minimum Gasteiger partial charge on any atom is -0.477 e. The fourth-order valence-electron chi connectivity index (χ4n) is 4.10. The summed E-state index contributed by atoms with van der Waals surface area (Å²) in [6.45, 7) is 5.30. The predicted molar refractivity (Wildman–Crippen MR) is 113 cm³/mol. The maximum Gasteiger partial charge on any atom is 0.341 e. The van der Waals surface area contributed by atoms with Gasteiger partial charge in [0.05, 0.1) is 24.2 Å². The van der Waals surface area contributed by atoms with Crippen molar-refractivity contribution >= 4 is 28.5 Å². The minimum atomic E-state index is -1.30. The molecule has 1 saturated heterocycles. The van der Waals surface area contributed by atoms with Crippen LogP contribution in [0.2, 0.25) is 0 Å². The molecule has 9 heteroatoms. The van der Waals surface area contributed by atoms with Crippen LogP contribution in [0, 0.1) is 5.82 Å². The van der Waals surface area contributed by atoms with Crippen molar-refractivity contribution in [2.45, 2.75) is 32.2 Å². The Morgan fingerprint density at radius 3 is 2.52 bits per heavy atom. The number of carbonyl (C=O) groups is 2. The van der Waals surface area contributed by atoms with Gasteiger partial charge in [0.25, 0.3) is 0 Å². The molecule has 166 valence electrons. The number of carbonyl (C=O) groups excluding carboxylic acids is 1. The lowest BCUT2D eigenvalue weighted by molar-refractivity contribution is -0.143. The van der Waals surface area contributed by atoms with E-state index in [1.807, 2.05) is 4.90 Å². The summed E-state index contributed by atoms with van der Waals surface area (Å²) in [5.74, 6) is -2.05. The van der Waals surface area contributed by atoms with Crippen molar-refractivity contribution in [1.82, 2.24) is 9.47 Å². The lowest BCUT2D eigenvalue weighted by Gasteiger charge is -2.36. The number of carboxylic acid groups (broad SMARTS) is 1. The molecule has 0 unspecified atom stereocenters. The lowest BCUT2D eigenvalue weighted by Crippen LogP contribution is -2.47. The third kappa shape index (κ3) is 4.41. The highest BCUT2D eigenvalue weighted by molar-refractivity contribution is 5.93. The van der Waals surface area contributed by atoms with E-state index in [1.54, 1.807) is 17.6 Å². The number of aromatic nitrogens is 1. The van der Waals surface area contributed by atoms with Crippen LogP contribution in [0.1, 0.15) is 42.6 Å². The maximum atomic E-state index is 15.0. The second kappa shape index (κ2) is 8.66. The van der Waals surface area contributed by atoms with Crippen LogP contribution >= 0.6 is 0 Å². The molecule has 1 saturated carbocycles. The molecule has 2 heterocycles. The van der Waals surface area contributed by atoms with Gasteiger partial charge in [-0.1, -0.05) is 0 Å². The molecule has 0 amide bonds. The average Bonchev–Trinajstić information content (AvgIpc) is 3.58. The Kier molecular flexibility index (Phi) is 5.95. The van der Waals surface area contributed by atoms with Crippen molar-refractivity contribution in [1.29, 1.82) is 0 Å². The number of anilines is 1. The number of rotatable bonds is 7. The van der Waals surface area contributed by atoms with E-state index < -0.39 is 17.2 Å². The first-order valence-corrected chi connectivity index (χ1v) is 10.6. The fraction of sp³-hybridized carbons (Fsp3) is 0.500. The first-order valence-electron chi connectivity index (χ1n) is 10.6. The van der Waals surface area contributed by atoms with E-state index in [9.17, 15) is 23.9 Å². The molecule has 0 spiro atoms. The summed E-state index contributed by atoms with van der Waals surface area (Å²) in [4.78, 5) is 39.7. The molecule has 4 rings (SSSR count). The molecule has 31 heavy (non-hydrogen) atoms. The Morgan fingerprint density at radius 1 is 1.19 bits per heavy atom. The van der Waals surface area contributed by atoms with Gasteiger partial charge in [0.15, 0.2) is 0 Å². The fourth-order valence-corrected chi connectivity index (χ4v) is 4.10. The van der Waals surface area contributed by atoms with E-state index in [1.165, 1.54) is 12.3 Å². The van der Waals surface area contributed by atoms with Crippen molar-refractivity contribution in [3.8, 4) is 0 Å². The van der Waals surface area contributed by atoms with Gasteiger partial charge in [-0.15, -0.1) is 0 Å². The smallest absolute Gasteiger partial charge is 0.341 e. The van der Waals surface area contributed by atoms with Gasteiger partial charge in [-0.25, -0.2) is 9.18 Å². The molecule has 0 bridgehead atoms. The Hall–Kier alpha value is -2.94. The molecular formula is C22H26FN3O5. The van der Waals surface area contributed by atoms with Crippen molar-refractivity contribution in [2.75, 3.05) is 44.2 Å². The van der Waals surface area contributed by atoms with Gasteiger partial charge in [0.1, 0.15) is 11.4 Å².